The highest BCUT2D eigenvalue weighted by atomic mass is 16.4. The van der Waals surface area contributed by atoms with Crippen molar-refractivity contribution in [3.05, 3.63) is 11.8 Å². The van der Waals surface area contributed by atoms with Crippen molar-refractivity contribution in [2.75, 3.05) is 52.4 Å². The van der Waals surface area contributed by atoms with Gasteiger partial charge in [0.2, 0.25) is 11.8 Å². The van der Waals surface area contributed by atoms with Gasteiger partial charge in [0, 0.05) is 32.2 Å². The summed E-state index contributed by atoms with van der Waals surface area (Å²) in [6, 6.07) is 0.675. The molecule has 1 aromatic heterocycles. The standard InChI is InChI=1S/C18H32N6O/c1-2-7-22(6-1)8-3-9-23-10-12-24(13-11-23)15-18-21-20-17(25-18)14-19-16-4-5-16/h16,19H,1-15H2. The van der Waals surface area contributed by atoms with Gasteiger partial charge in [0.25, 0.3) is 0 Å². The Morgan fingerprint density at radius 2 is 1.48 bits per heavy atom. The second-order valence-electron chi connectivity index (χ2n) is 7.76. The van der Waals surface area contributed by atoms with E-state index in [1.807, 2.05) is 0 Å². The van der Waals surface area contributed by atoms with E-state index in [-0.39, 0.29) is 0 Å². The Labute approximate surface area is 150 Å². The Bertz CT molecular complexity index is 517. The topological polar surface area (TPSA) is 60.7 Å². The lowest BCUT2D eigenvalue weighted by Gasteiger charge is -2.34. The molecule has 1 aliphatic carbocycles. The highest BCUT2D eigenvalue weighted by Crippen LogP contribution is 2.19. The molecule has 0 unspecified atom stereocenters. The summed E-state index contributed by atoms with van der Waals surface area (Å²) < 4.78 is 5.77. The first-order valence-corrected chi connectivity index (χ1v) is 10.1. The van der Waals surface area contributed by atoms with Gasteiger partial charge in [-0.1, -0.05) is 0 Å². The number of nitrogens with one attached hydrogen (secondary N) is 1. The fraction of sp³-hybridized carbons (Fsp3) is 0.889. The molecule has 1 N–H and O–H groups in total. The number of aromatic nitrogens is 2. The van der Waals surface area contributed by atoms with Crippen molar-refractivity contribution in [1.29, 1.82) is 0 Å². The number of nitrogens with zero attached hydrogens (tertiary/aromatic N) is 5. The Morgan fingerprint density at radius 1 is 0.840 bits per heavy atom. The van der Waals surface area contributed by atoms with E-state index in [1.165, 1.54) is 58.3 Å². The highest BCUT2D eigenvalue weighted by molar-refractivity contribution is 4.87. The van der Waals surface area contributed by atoms with Gasteiger partial charge in [0.05, 0.1) is 13.1 Å². The van der Waals surface area contributed by atoms with Crippen LogP contribution in [0.15, 0.2) is 4.42 Å². The summed E-state index contributed by atoms with van der Waals surface area (Å²) in [5, 5.41) is 11.8. The molecule has 0 spiro atoms. The molecule has 140 valence electrons. The summed E-state index contributed by atoms with van der Waals surface area (Å²) in [6.45, 7) is 11.2. The summed E-state index contributed by atoms with van der Waals surface area (Å²) in [5.74, 6) is 1.48. The van der Waals surface area contributed by atoms with Gasteiger partial charge < -0.3 is 19.5 Å². The van der Waals surface area contributed by atoms with Crippen molar-refractivity contribution in [3.63, 3.8) is 0 Å². The van der Waals surface area contributed by atoms with Gasteiger partial charge in [-0.05, 0) is 58.3 Å². The molecule has 0 aromatic carbocycles. The summed E-state index contributed by atoms with van der Waals surface area (Å²) in [7, 11) is 0. The second kappa shape index (κ2) is 8.58. The minimum absolute atomic E-state index is 0.675. The largest absolute Gasteiger partial charge is 0.422 e. The van der Waals surface area contributed by atoms with Crippen LogP contribution in [0.4, 0.5) is 0 Å². The first kappa shape index (κ1) is 17.4. The molecule has 0 radical (unpaired) electrons. The molecule has 1 saturated carbocycles. The average molecular weight is 348 g/mol. The van der Waals surface area contributed by atoms with E-state index in [0.717, 1.165) is 44.5 Å². The fourth-order valence-corrected chi connectivity index (χ4v) is 3.83. The Morgan fingerprint density at radius 3 is 2.20 bits per heavy atom. The predicted octanol–water partition coefficient (Wildman–Crippen LogP) is 0.925. The van der Waals surface area contributed by atoms with E-state index in [2.05, 4.69) is 30.2 Å². The van der Waals surface area contributed by atoms with Crippen molar-refractivity contribution >= 4 is 0 Å². The lowest BCUT2D eigenvalue weighted by molar-refractivity contribution is 0.115. The van der Waals surface area contributed by atoms with E-state index in [9.17, 15) is 0 Å². The number of hydrogen-bond donors (Lipinski definition) is 1. The van der Waals surface area contributed by atoms with Gasteiger partial charge in [-0.25, -0.2) is 0 Å². The maximum Gasteiger partial charge on any atom is 0.230 e. The highest BCUT2D eigenvalue weighted by Gasteiger charge is 2.22. The van der Waals surface area contributed by atoms with Crippen LogP contribution < -0.4 is 5.32 Å². The Hall–Kier alpha value is -1.02. The SMILES string of the molecule is C1CCN(CCCN2CCN(Cc3nnc(CNC4CC4)o3)CC2)C1. The molecule has 3 aliphatic rings. The van der Waals surface area contributed by atoms with Crippen LogP contribution in [0.3, 0.4) is 0 Å². The molecule has 0 amide bonds. The van der Waals surface area contributed by atoms with E-state index in [0.29, 0.717) is 12.6 Å². The Balaban J connectivity index is 1.11. The monoisotopic (exact) mass is 348 g/mol. The first-order valence-electron chi connectivity index (χ1n) is 10.1. The summed E-state index contributed by atoms with van der Waals surface area (Å²) in [5.41, 5.74) is 0. The maximum atomic E-state index is 5.77. The lowest BCUT2D eigenvalue weighted by Crippen LogP contribution is -2.46. The smallest absolute Gasteiger partial charge is 0.230 e. The molecule has 25 heavy (non-hydrogen) atoms. The molecular formula is C18H32N6O. The van der Waals surface area contributed by atoms with Gasteiger partial charge in [-0.15, -0.1) is 10.2 Å². The fourth-order valence-electron chi connectivity index (χ4n) is 3.83. The second-order valence-corrected chi connectivity index (χ2v) is 7.76. The molecule has 4 rings (SSSR count). The Kier molecular flexibility index (Phi) is 5.97. The van der Waals surface area contributed by atoms with Crippen molar-refractivity contribution in [2.24, 2.45) is 0 Å². The third kappa shape index (κ3) is 5.48. The van der Waals surface area contributed by atoms with Gasteiger partial charge in [-0.2, -0.15) is 0 Å². The number of piperazine rings is 1. The van der Waals surface area contributed by atoms with E-state index >= 15 is 0 Å². The predicted molar refractivity (Wildman–Crippen MR) is 96.2 cm³/mol. The van der Waals surface area contributed by atoms with Gasteiger partial charge in [0.15, 0.2) is 0 Å². The molecule has 2 saturated heterocycles. The molecule has 7 nitrogen and oxygen atoms in total. The van der Waals surface area contributed by atoms with E-state index < -0.39 is 0 Å². The van der Waals surface area contributed by atoms with Crippen LogP contribution in [-0.2, 0) is 13.1 Å². The summed E-state index contributed by atoms with van der Waals surface area (Å²) >= 11 is 0. The summed E-state index contributed by atoms with van der Waals surface area (Å²) in [6.07, 6.45) is 6.66. The molecule has 2 aliphatic heterocycles. The normalized spacial score (nSPS) is 23.5. The average Bonchev–Trinajstić information content (AvgIpc) is 3.12. The van der Waals surface area contributed by atoms with E-state index in [1.54, 1.807) is 0 Å². The molecule has 7 heteroatoms. The van der Waals surface area contributed by atoms with Gasteiger partial charge in [-0.3, -0.25) is 4.90 Å². The number of hydrogen-bond acceptors (Lipinski definition) is 7. The van der Waals surface area contributed by atoms with Gasteiger partial charge >= 0.3 is 0 Å². The van der Waals surface area contributed by atoms with Crippen LogP contribution in [0, 0.1) is 0 Å². The first-order chi connectivity index (χ1) is 12.3. The quantitative estimate of drug-likeness (QED) is 0.712. The molecule has 1 aromatic rings. The third-order valence-electron chi connectivity index (χ3n) is 5.60. The van der Waals surface area contributed by atoms with Crippen LogP contribution in [-0.4, -0.2) is 83.3 Å². The third-order valence-corrected chi connectivity index (χ3v) is 5.60. The summed E-state index contributed by atoms with van der Waals surface area (Å²) in [4.78, 5) is 7.65. The van der Waals surface area contributed by atoms with Crippen LogP contribution >= 0.6 is 0 Å². The van der Waals surface area contributed by atoms with Crippen molar-refractivity contribution in [1.82, 2.24) is 30.2 Å². The van der Waals surface area contributed by atoms with Crippen molar-refractivity contribution in [2.45, 2.75) is 51.2 Å². The van der Waals surface area contributed by atoms with Crippen LogP contribution in [0.5, 0.6) is 0 Å². The maximum absolute atomic E-state index is 5.77. The van der Waals surface area contributed by atoms with Crippen molar-refractivity contribution in [3.8, 4) is 0 Å². The van der Waals surface area contributed by atoms with E-state index in [4.69, 9.17) is 4.42 Å². The zero-order valence-corrected chi connectivity index (χ0v) is 15.3. The van der Waals surface area contributed by atoms with Crippen molar-refractivity contribution < 1.29 is 4.42 Å². The van der Waals surface area contributed by atoms with Crippen LogP contribution in [0.2, 0.25) is 0 Å². The number of likely N-dealkylation sites (tertiary alicyclic amines) is 1. The molecular weight excluding hydrogens is 316 g/mol. The molecule has 3 heterocycles. The van der Waals surface area contributed by atoms with Gasteiger partial charge in [0.1, 0.15) is 0 Å². The zero-order chi connectivity index (χ0) is 16.9. The molecule has 3 fully saturated rings. The van der Waals surface area contributed by atoms with Crippen LogP contribution in [0.1, 0.15) is 43.9 Å². The zero-order valence-electron chi connectivity index (χ0n) is 15.3. The van der Waals surface area contributed by atoms with Crippen LogP contribution in [0.25, 0.3) is 0 Å². The molecule has 0 bridgehead atoms. The number of rotatable bonds is 9. The molecule has 0 atom stereocenters. The lowest BCUT2D eigenvalue weighted by atomic mass is 10.3. The minimum atomic E-state index is 0.675. The minimum Gasteiger partial charge on any atom is -0.422 e.